The van der Waals surface area contributed by atoms with E-state index in [0.29, 0.717) is 11.9 Å². The molecule has 1 amide bonds. The number of nitrogens with one attached hydrogen (secondary N) is 1. The van der Waals surface area contributed by atoms with Gasteiger partial charge in [-0.25, -0.2) is 4.39 Å². The van der Waals surface area contributed by atoms with E-state index in [0.717, 1.165) is 22.9 Å². The third kappa shape index (κ3) is 5.44. The molecule has 35 heavy (non-hydrogen) atoms. The molecule has 0 bridgehead atoms. The summed E-state index contributed by atoms with van der Waals surface area (Å²) in [6.07, 6.45) is -0.256. The monoisotopic (exact) mass is 495 g/mol. The zero-order valence-electron chi connectivity index (χ0n) is 19.2. The fourth-order valence-corrected chi connectivity index (χ4v) is 3.92. The molecule has 7 nitrogen and oxygen atoms in total. The Morgan fingerprint density at radius 1 is 1.11 bits per heavy atom. The van der Waals surface area contributed by atoms with Gasteiger partial charge in [-0.2, -0.15) is 5.10 Å². The van der Waals surface area contributed by atoms with Crippen molar-refractivity contribution in [2.45, 2.75) is 19.9 Å². The van der Waals surface area contributed by atoms with Gasteiger partial charge in [-0.3, -0.25) is 14.3 Å². The Bertz CT molecular complexity index is 1390. The largest absolute Gasteiger partial charge is 0.497 e. The predicted octanol–water partition coefficient (Wildman–Crippen LogP) is 5.24. The van der Waals surface area contributed by atoms with Crippen LogP contribution < -0.4 is 10.1 Å². The summed E-state index contributed by atoms with van der Waals surface area (Å²) >= 11 is 6.28. The highest BCUT2D eigenvalue weighted by molar-refractivity contribution is 6.34. The number of rotatable bonds is 8. The molecule has 180 valence electrons. The van der Waals surface area contributed by atoms with Gasteiger partial charge in [0.15, 0.2) is 5.69 Å². The van der Waals surface area contributed by atoms with Crippen molar-refractivity contribution >= 4 is 40.1 Å². The first-order chi connectivity index (χ1) is 16.9. The van der Waals surface area contributed by atoms with E-state index in [1.807, 2.05) is 42.5 Å². The standard InChI is InChI=1S/C26H23ClFN3O4/c1-3-35-24(32)13-17-12-20(27)22(14-21(17)28)29-26(33)25-19-6-4-5-7-23(19)31(30-25)15-16-8-10-18(34-2)11-9-16/h4-12,14H,3,13,15H2,1-2H3,(H,29,33). The minimum atomic E-state index is -0.673. The highest BCUT2D eigenvalue weighted by atomic mass is 35.5. The van der Waals surface area contributed by atoms with E-state index in [9.17, 15) is 14.0 Å². The number of benzene rings is 3. The van der Waals surface area contributed by atoms with Gasteiger partial charge in [0.1, 0.15) is 11.6 Å². The lowest BCUT2D eigenvalue weighted by Gasteiger charge is -2.10. The van der Waals surface area contributed by atoms with Gasteiger partial charge < -0.3 is 14.8 Å². The minimum absolute atomic E-state index is 0.0792. The van der Waals surface area contributed by atoms with Crippen molar-refractivity contribution < 1.29 is 23.5 Å². The summed E-state index contributed by atoms with van der Waals surface area (Å²) < 4.78 is 26.4. The number of fused-ring (bicyclic) bond motifs is 1. The molecule has 0 aliphatic rings. The van der Waals surface area contributed by atoms with Crippen LogP contribution in [0.2, 0.25) is 5.02 Å². The molecule has 9 heteroatoms. The van der Waals surface area contributed by atoms with Crippen LogP contribution in [-0.4, -0.2) is 35.4 Å². The van der Waals surface area contributed by atoms with Crippen LogP contribution in [-0.2, 0) is 22.5 Å². The molecule has 0 aliphatic heterocycles. The second-order valence-electron chi connectivity index (χ2n) is 7.73. The van der Waals surface area contributed by atoms with Gasteiger partial charge in [0, 0.05) is 10.9 Å². The lowest BCUT2D eigenvalue weighted by molar-refractivity contribution is -0.142. The third-order valence-electron chi connectivity index (χ3n) is 5.39. The second-order valence-corrected chi connectivity index (χ2v) is 8.14. The average Bonchev–Trinajstić information content (AvgIpc) is 3.21. The molecule has 4 aromatic rings. The normalized spacial score (nSPS) is 10.9. The molecule has 0 aliphatic carbocycles. The molecular weight excluding hydrogens is 473 g/mol. The lowest BCUT2D eigenvalue weighted by Crippen LogP contribution is -2.15. The smallest absolute Gasteiger partial charge is 0.310 e. The van der Waals surface area contributed by atoms with Crippen molar-refractivity contribution in [2.24, 2.45) is 0 Å². The number of amides is 1. The zero-order valence-corrected chi connectivity index (χ0v) is 19.9. The van der Waals surface area contributed by atoms with Gasteiger partial charge in [-0.15, -0.1) is 0 Å². The number of para-hydroxylation sites is 1. The van der Waals surface area contributed by atoms with Gasteiger partial charge in [0.2, 0.25) is 0 Å². The van der Waals surface area contributed by atoms with Gasteiger partial charge in [0.25, 0.3) is 5.91 Å². The van der Waals surface area contributed by atoms with Crippen molar-refractivity contribution in [3.63, 3.8) is 0 Å². The molecule has 0 fully saturated rings. The predicted molar refractivity (Wildman–Crippen MR) is 132 cm³/mol. The highest BCUT2D eigenvalue weighted by Crippen LogP contribution is 2.28. The SMILES string of the molecule is CCOC(=O)Cc1cc(Cl)c(NC(=O)c2nn(Cc3ccc(OC)cc3)c3ccccc23)cc1F. The summed E-state index contributed by atoms with van der Waals surface area (Å²) in [5.41, 5.74) is 2.10. The minimum Gasteiger partial charge on any atom is -0.497 e. The van der Waals surface area contributed by atoms with E-state index < -0.39 is 17.7 Å². The number of ether oxygens (including phenoxy) is 2. The first-order valence-corrected chi connectivity index (χ1v) is 11.3. The number of hydrogen-bond acceptors (Lipinski definition) is 5. The molecule has 0 saturated heterocycles. The van der Waals surface area contributed by atoms with Crippen LogP contribution >= 0.6 is 11.6 Å². The molecule has 3 aromatic carbocycles. The quantitative estimate of drug-likeness (QED) is 0.338. The number of anilines is 1. The third-order valence-corrected chi connectivity index (χ3v) is 5.70. The summed E-state index contributed by atoms with van der Waals surface area (Å²) in [5, 5.41) is 7.91. The molecule has 0 unspecified atom stereocenters. The summed E-state index contributed by atoms with van der Waals surface area (Å²) in [6, 6.07) is 17.3. The number of carbonyl (C=O) groups is 2. The van der Waals surface area contributed by atoms with Crippen LogP contribution in [0.4, 0.5) is 10.1 Å². The fraction of sp³-hybridized carbons (Fsp3) is 0.192. The fourth-order valence-electron chi connectivity index (χ4n) is 3.69. The van der Waals surface area contributed by atoms with Crippen LogP contribution in [0.1, 0.15) is 28.5 Å². The van der Waals surface area contributed by atoms with Crippen LogP contribution in [0.5, 0.6) is 5.75 Å². The van der Waals surface area contributed by atoms with Crippen LogP contribution in [0.3, 0.4) is 0 Å². The van der Waals surface area contributed by atoms with Gasteiger partial charge in [-0.1, -0.05) is 41.9 Å². The Morgan fingerprint density at radius 3 is 2.57 bits per heavy atom. The first kappa shape index (κ1) is 24.2. The molecule has 0 spiro atoms. The van der Waals surface area contributed by atoms with Crippen molar-refractivity contribution in [2.75, 3.05) is 19.0 Å². The maximum atomic E-state index is 14.6. The van der Waals surface area contributed by atoms with Crippen molar-refractivity contribution in [1.82, 2.24) is 9.78 Å². The molecule has 4 rings (SSSR count). The summed E-state index contributed by atoms with van der Waals surface area (Å²) in [4.78, 5) is 24.8. The van der Waals surface area contributed by atoms with Crippen LogP contribution in [0.25, 0.3) is 10.9 Å². The highest BCUT2D eigenvalue weighted by Gasteiger charge is 2.20. The summed E-state index contributed by atoms with van der Waals surface area (Å²) in [6.45, 7) is 2.30. The van der Waals surface area contributed by atoms with Gasteiger partial charge in [-0.05, 0) is 42.8 Å². The first-order valence-electron chi connectivity index (χ1n) is 10.9. The Balaban J connectivity index is 1.59. The second kappa shape index (κ2) is 10.6. The molecule has 0 atom stereocenters. The Labute approximate surface area is 206 Å². The summed E-state index contributed by atoms with van der Waals surface area (Å²) in [5.74, 6) is -1.02. The average molecular weight is 496 g/mol. The van der Waals surface area contributed by atoms with Crippen molar-refractivity contribution in [3.8, 4) is 5.75 Å². The maximum Gasteiger partial charge on any atom is 0.310 e. The van der Waals surface area contributed by atoms with Gasteiger partial charge >= 0.3 is 5.97 Å². The van der Waals surface area contributed by atoms with Crippen LogP contribution in [0, 0.1) is 5.82 Å². The van der Waals surface area contributed by atoms with Crippen LogP contribution in [0.15, 0.2) is 60.7 Å². The summed E-state index contributed by atoms with van der Waals surface area (Å²) in [7, 11) is 1.60. The Kier molecular flexibility index (Phi) is 7.31. The number of nitrogens with zero attached hydrogens (tertiary/aromatic N) is 2. The van der Waals surface area contributed by atoms with E-state index in [1.54, 1.807) is 24.8 Å². The molecular formula is C26H23ClFN3O4. The topological polar surface area (TPSA) is 82.5 Å². The van der Waals surface area contributed by atoms with E-state index in [1.165, 1.54) is 6.07 Å². The Hall–Kier alpha value is -3.91. The lowest BCUT2D eigenvalue weighted by atomic mass is 10.1. The number of carbonyl (C=O) groups excluding carboxylic acids is 2. The van der Waals surface area contributed by atoms with Gasteiger partial charge in [0.05, 0.1) is 42.9 Å². The maximum absolute atomic E-state index is 14.6. The molecule has 0 radical (unpaired) electrons. The van der Waals surface area contributed by atoms with E-state index in [2.05, 4.69) is 10.4 Å². The molecule has 1 aromatic heterocycles. The number of esters is 1. The van der Waals surface area contributed by atoms with E-state index in [-0.39, 0.29) is 35.0 Å². The number of hydrogen-bond donors (Lipinski definition) is 1. The number of halogens is 2. The Morgan fingerprint density at radius 2 is 1.86 bits per heavy atom. The molecule has 0 saturated carbocycles. The number of aromatic nitrogens is 2. The van der Waals surface area contributed by atoms with E-state index in [4.69, 9.17) is 21.1 Å². The van der Waals surface area contributed by atoms with Crippen molar-refractivity contribution in [1.29, 1.82) is 0 Å². The molecule has 1 N–H and O–H groups in total. The van der Waals surface area contributed by atoms with E-state index >= 15 is 0 Å². The number of methoxy groups -OCH3 is 1. The molecule has 1 heterocycles. The van der Waals surface area contributed by atoms with Crippen molar-refractivity contribution in [3.05, 3.63) is 88.3 Å². The zero-order chi connectivity index (χ0) is 24.9.